The average Bonchev–Trinajstić information content (AvgIpc) is 3.41. The molecule has 0 radical (unpaired) electrons. The van der Waals surface area contributed by atoms with Gasteiger partial charge in [0.15, 0.2) is 0 Å². The predicted molar refractivity (Wildman–Crippen MR) is 137 cm³/mol. The number of piperidine rings is 1. The van der Waals surface area contributed by atoms with E-state index in [0.29, 0.717) is 47.0 Å². The summed E-state index contributed by atoms with van der Waals surface area (Å²) in [5.74, 6) is 0.747. The summed E-state index contributed by atoms with van der Waals surface area (Å²) in [6.07, 6.45) is 7.73. The molecule has 1 saturated heterocycles. The molecular weight excluding hydrogens is 442 g/mol. The number of nitrogen functional groups attached to an aromatic ring is 1. The number of anilines is 1. The van der Waals surface area contributed by atoms with E-state index in [2.05, 4.69) is 20.3 Å². The zero-order valence-corrected chi connectivity index (χ0v) is 19.7. The number of nitrogens with one attached hydrogen (secondary N) is 1. The van der Waals surface area contributed by atoms with Gasteiger partial charge < -0.3 is 31.6 Å². The van der Waals surface area contributed by atoms with Gasteiger partial charge in [0.05, 0.1) is 24.1 Å². The molecule has 9 heteroatoms. The molecular formula is C26H33N7O2. The van der Waals surface area contributed by atoms with Crippen LogP contribution in [0, 0.1) is 11.8 Å². The molecule has 2 aliphatic rings. The van der Waals surface area contributed by atoms with Crippen LogP contribution in [0.1, 0.15) is 36.4 Å². The van der Waals surface area contributed by atoms with Crippen LogP contribution in [-0.4, -0.2) is 56.3 Å². The summed E-state index contributed by atoms with van der Waals surface area (Å²) in [4.78, 5) is 13.1. The Hall–Kier alpha value is -3.27. The lowest BCUT2D eigenvalue weighted by atomic mass is 9.82. The molecule has 5 rings (SSSR count). The highest BCUT2D eigenvalue weighted by molar-refractivity contribution is 5.99. The average molecular weight is 476 g/mol. The smallest absolute Gasteiger partial charge is 0.146 e. The molecule has 35 heavy (non-hydrogen) atoms. The van der Waals surface area contributed by atoms with Gasteiger partial charge in [0.1, 0.15) is 23.9 Å². The molecule has 0 spiro atoms. The van der Waals surface area contributed by atoms with E-state index in [1.165, 1.54) is 6.33 Å². The molecule has 0 unspecified atom stereocenters. The number of fused-ring (bicyclic) bond motifs is 1. The first-order chi connectivity index (χ1) is 17.0. The molecule has 1 aromatic carbocycles. The fourth-order valence-electron chi connectivity index (χ4n) is 5.60. The van der Waals surface area contributed by atoms with Gasteiger partial charge in [-0.15, -0.1) is 0 Å². The maximum absolute atomic E-state index is 11.0. The lowest BCUT2D eigenvalue weighted by molar-refractivity contribution is -0.00768. The minimum absolute atomic E-state index is 0.0372. The Balaban J connectivity index is 1.44. The molecule has 3 heterocycles. The summed E-state index contributed by atoms with van der Waals surface area (Å²) in [6.45, 7) is 2.45. The van der Waals surface area contributed by atoms with E-state index in [1.54, 1.807) is 12.3 Å². The van der Waals surface area contributed by atoms with Gasteiger partial charge >= 0.3 is 0 Å². The Morgan fingerprint density at radius 3 is 2.69 bits per heavy atom. The minimum Gasteiger partial charge on any atom is -0.398 e. The van der Waals surface area contributed by atoms with Gasteiger partial charge in [-0.1, -0.05) is 30.3 Å². The number of nitrogens with zero attached hydrogens (tertiary/aromatic N) is 4. The molecule has 2 aromatic heterocycles. The molecule has 1 saturated carbocycles. The van der Waals surface area contributed by atoms with Gasteiger partial charge in [0, 0.05) is 23.7 Å². The number of allylic oxidation sites excluding steroid dienone is 1. The number of nitrogens with two attached hydrogens (primary N) is 2. The van der Waals surface area contributed by atoms with Gasteiger partial charge in [-0.3, -0.25) is 4.99 Å². The van der Waals surface area contributed by atoms with E-state index in [-0.39, 0.29) is 12.0 Å². The van der Waals surface area contributed by atoms with Crippen molar-refractivity contribution in [3.8, 4) is 0 Å². The van der Waals surface area contributed by atoms with Crippen molar-refractivity contribution in [3.63, 3.8) is 0 Å². The molecule has 0 amide bonds. The highest BCUT2D eigenvalue weighted by atomic mass is 16.3. The summed E-state index contributed by atoms with van der Waals surface area (Å²) in [6, 6.07) is 9.66. The monoisotopic (exact) mass is 475 g/mol. The van der Waals surface area contributed by atoms with Gasteiger partial charge in [0.2, 0.25) is 0 Å². The zero-order chi connectivity index (χ0) is 24.4. The zero-order valence-electron chi connectivity index (χ0n) is 19.7. The number of aliphatic hydroxyl groups excluding tert-OH is 2. The molecule has 1 aliphatic heterocycles. The number of hydrogen-bond acceptors (Lipinski definition) is 8. The topological polar surface area (TPSA) is 148 Å². The lowest BCUT2D eigenvalue weighted by Crippen LogP contribution is -2.37. The van der Waals surface area contributed by atoms with Crippen molar-refractivity contribution in [1.82, 2.24) is 19.9 Å². The maximum Gasteiger partial charge on any atom is 0.146 e. The number of aromatic nitrogens is 3. The Bertz CT molecular complexity index is 1220. The van der Waals surface area contributed by atoms with Crippen LogP contribution in [0.25, 0.3) is 16.7 Å². The Morgan fingerprint density at radius 1 is 1.14 bits per heavy atom. The number of rotatable bonds is 6. The first kappa shape index (κ1) is 23.5. The second-order valence-corrected chi connectivity index (χ2v) is 9.54. The minimum atomic E-state index is -0.896. The van der Waals surface area contributed by atoms with Crippen LogP contribution in [0.4, 0.5) is 5.82 Å². The first-order valence-corrected chi connectivity index (χ1v) is 12.2. The van der Waals surface area contributed by atoms with Crippen molar-refractivity contribution in [2.75, 3.05) is 18.8 Å². The van der Waals surface area contributed by atoms with Gasteiger partial charge in [-0.2, -0.15) is 0 Å². The van der Waals surface area contributed by atoms with Crippen LogP contribution >= 0.6 is 0 Å². The lowest BCUT2D eigenvalue weighted by Gasteiger charge is -2.30. The van der Waals surface area contributed by atoms with Gasteiger partial charge in [-0.25, -0.2) is 9.97 Å². The van der Waals surface area contributed by atoms with E-state index in [9.17, 15) is 10.2 Å². The van der Waals surface area contributed by atoms with Crippen molar-refractivity contribution < 1.29 is 10.2 Å². The molecule has 9 nitrogen and oxygen atoms in total. The van der Waals surface area contributed by atoms with Crippen LogP contribution in [0.5, 0.6) is 0 Å². The van der Waals surface area contributed by atoms with Crippen molar-refractivity contribution in [1.29, 1.82) is 0 Å². The molecule has 4 atom stereocenters. The Labute approximate surface area is 204 Å². The number of aliphatic imine (C=N–C) groups is 1. The van der Waals surface area contributed by atoms with Crippen LogP contribution in [-0.2, 0) is 6.54 Å². The quantitative estimate of drug-likeness (QED) is 0.342. The van der Waals surface area contributed by atoms with E-state index in [0.717, 1.165) is 31.5 Å². The molecule has 0 bridgehead atoms. The molecule has 2 fully saturated rings. The van der Waals surface area contributed by atoms with Gasteiger partial charge in [0.25, 0.3) is 0 Å². The first-order valence-electron chi connectivity index (χ1n) is 12.2. The molecule has 3 aromatic rings. The van der Waals surface area contributed by atoms with Gasteiger partial charge in [-0.05, 0) is 55.8 Å². The van der Waals surface area contributed by atoms with Crippen LogP contribution in [0.15, 0.2) is 53.9 Å². The largest absolute Gasteiger partial charge is 0.398 e. The fraction of sp³-hybridized carbons (Fsp3) is 0.423. The number of aliphatic hydroxyl groups is 2. The summed E-state index contributed by atoms with van der Waals surface area (Å²) in [5, 5.41) is 26.0. The molecule has 7 N–H and O–H groups in total. The van der Waals surface area contributed by atoms with Crippen molar-refractivity contribution in [3.05, 3.63) is 60.1 Å². The van der Waals surface area contributed by atoms with E-state index in [1.807, 2.05) is 41.1 Å². The number of benzene rings is 1. The van der Waals surface area contributed by atoms with E-state index >= 15 is 0 Å². The van der Waals surface area contributed by atoms with E-state index in [4.69, 9.17) is 11.5 Å². The van der Waals surface area contributed by atoms with Crippen LogP contribution in [0.2, 0.25) is 0 Å². The van der Waals surface area contributed by atoms with Crippen LogP contribution in [0.3, 0.4) is 0 Å². The normalized spacial score (nSPS) is 26.2. The second-order valence-electron chi connectivity index (χ2n) is 9.54. The second kappa shape index (κ2) is 10.2. The van der Waals surface area contributed by atoms with Crippen LogP contribution < -0.4 is 16.8 Å². The molecule has 184 valence electrons. The third-order valence-corrected chi connectivity index (χ3v) is 7.47. The summed E-state index contributed by atoms with van der Waals surface area (Å²) in [7, 11) is 0. The number of hydrogen-bond donors (Lipinski definition) is 5. The maximum atomic E-state index is 11.0. The third-order valence-electron chi connectivity index (χ3n) is 7.47. The van der Waals surface area contributed by atoms with Crippen molar-refractivity contribution in [2.24, 2.45) is 22.6 Å². The van der Waals surface area contributed by atoms with E-state index < -0.39 is 12.2 Å². The Kier molecular flexibility index (Phi) is 6.81. The van der Waals surface area contributed by atoms with Crippen molar-refractivity contribution in [2.45, 2.75) is 44.1 Å². The third kappa shape index (κ3) is 4.67. The highest BCUT2D eigenvalue weighted by Crippen LogP contribution is 2.44. The Morgan fingerprint density at radius 2 is 1.91 bits per heavy atom. The predicted octanol–water partition coefficient (Wildman–Crippen LogP) is 1.87. The molecule has 1 aliphatic carbocycles. The fourth-order valence-corrected chi connectivity index (χ4v) is 5.60. The highest BCUT2D eigenvalue weighted by Gasteiger charge is 2.46. The summed E-state index contributed by atoms with van der Waals surface area (Å²) in [5.41, 5.74) is 15.6. The van der Waals surface area contributed by atoms with Crippen molar-refractivity contribution >= 4 is 28.8 Å². The SMILES string of the molecule is NC(=CC=NCc1ccccc1)c1cn([C@@H]2C[C@H](C3CCNCC3)[C@@H](O)[C@H]2O)c2ncnc(N)c12. The summed E-state index contributed by atoms with van der Waals surface area (Å²) >= 11 is 0. The standard InChI is InChI=1S/C26H33N7O2/c27-20(8-11-30-13-16-4-2-1-3-5-16)19-14-33(26-22(19)25(28)31-15-32-26)21-12-18(23(34)24(21)35)17-6-9-29-10-7-17/h1-5,8,11,14-15,17-18,21,23-24,29,34-35H,6-7,9-10,12-13,27H2,(H2,28,31,32)/t18-,21-,23-,24+/m1/s1. The summed E-state index contributed by atoms with van der Waals surface area (Å²) < 4.78 is 1.92.